The number of H-pyrrole nitrogens is 1. The van der Waals surface area contributed by atoms with Crippen LogP contribution in [0, 0.1) is 5.41 Å². The van der Waals surface area contributed by atoms with E-state index >= 15 is 0 Å². The molecule has 0 amide bonds. The van der Waals surface area contributed by atoms with E-state index < -0.39 is 0 Å². The molecule has 90 valence electrons. The summed E-state index contributed by atoms with van der Waals surface area (Å²) >= 11 is 0. The molecule has 0 saturated carbocycles. The first-order valence-electron chi connectivity index (χ1n) is 5.56. The molecular formula is C13H16N2O2. The number of hydrogen-bond donors (Lipinski definition) is 1. The smallest absolute Gasteiger partial charge is 0.338 e. The third-order valence-corrected chi connectivity index (χ3v) is 2.29. The number of fused-ring (bicyclic) bond motifs is 1. The Bertz CT molecular complexity index is 538. The summed E-state index contributed by atoms with van der Waals surface area (Å²) in [4.78, 5) is 18.9. The van der Waals surface area contributed by atoms with Crippen LogP contribution >= 0.6 is 0 Å². The Balaban J connectivity index is 2.13. The van der Waals surface area contributed by atoms with E-state index in [1.54, 1.807) is 24.5 Å². The third kappa shape index (κ3) is 2.84. The minimum absolute atomic E-state index is 0.0201. The largest absolute Gasteiger partial charge is 0.462 e. The van der Waals surface area contributed by atoms with Gasteiger partial charge in [0, 0.05) is 0 Å². The van der Waals surface area contributed by atoms with Crippen LogP contribution in [0.25, 0.3) is 11.0 Å². The number of rotatable bonds is 2. The Hall–Kier alpha value is -1.84. The van der Waals surface area contributed by atoms with E-state index in [9.17, 15) is 4.79 Å². The molecule has 0 radical (unpaired) electrons. The zero-order valence-corrected chi connectivity index (χ0v) is 10.3. The summed E-state index contributed by atoms with van der Waals surface area (Å²) in [6, 6.07) is 5.29. The maximum Gasteiger partial charge on any atom is 0.338 e. The molecule has 0 aliphatic heterocycles. The first kappa shape index (κ1) is 11.6. The number of benzene rings is 1. The highest BCUT2D eigenvalue weighted by molar-refractivity contribution is 5.93. The molecule has 1 heterocycles. The zero-order chi connectivity index (χ0) is 12.5. The van der Waals surface area contributed by atoms with Gasteiger partial charge in [0.15, 0.2) is 0 Å². The van der Waals surface area contributed by atoms with Crippen molar-refractivity contribution in [2.24, 2.45) is 5.41 Å². The average molecular weight is 232 g/mol. The minimum Gasteiger partial charge on any atom is -0.462 e. The van der Waals surface area contributed by atoms with E-state index in [1.165, 1.54) is 0 Å². The Kier molecular flexibility index (Phi) is 2.88. The molecule has 0 atom stereocenters. The first-order valence-corrected chi connectivity index (χ1v) is 5.56. The fourth-order valence-corrected chi connectivity index (χ4v) is 1.43. The van der Waals surface area contributed by atoms with Gasteiger partial charge in [-0.15, -0.1) is 0 Å². The predicted octanol–water partition coefficient (Wildman–Crippen LogP) is 2.77. The summed E-state index contributed by atoms with van der Waals surface area (Å²) in [5.41, 5.74) is 2.21. The Morgan fingerprint density at radius 3 is 2.88 bits per heavy atom. The molecule has 0 spiro atoms. The maximum atomic E-state index is 11.8. The van der Waals surface area contributed by atoms with Crippen molar-refractivity contribution < 1.29 is 9.53 Å². The van der Waals surface area contributed by atoms with Crippen molar-refractivity contribution in [3.8, 4) is 0 Å². The van der Waals surface area contributed by atoms with Gasteiger partial charge in [0.2, 0.25) is 0 Å². The Morgan fingerprint density at radius 1 is 1.41 bits per heavy atom. The van der Waals surface area contributed by atoms with Gasteiger partial charge in [-0.3, -0.25) is 0 Å². The van der Waals surface area contributed by atoms with Crippen molar-refractivity contribution >= 4 is 17.0 Å². The van der Waals surface area contributed by atoms with E-state index in [2.05, 4.69) is 9.97 Å². The zero-order valence-electron chi connectivity index (χ0n) is 10.3. The van der Waals surface area contributed by atoms with Gasteiger partial charge in [0.25, 0.3) is 0 Å². The van der Waals surface area contributed by atoms with Gasteiger partial charge in [0.1, 0.15) is 0 Å². The Labute approximate surface area is 100 Å². The Morgan fingerprint density at radius 2 is 2.18 bits per heavy atom. The predicted molar refractivity (Wildman–Crippen MR) is 65.8 cm³/mol. The van der Waals surface area contributed by atoms with E-state index in [1.807, 2.05) is 20.8 Å². The number of aromatic amines is 1. The molecule has 2 rings (SSSR count). The van der Waals surface area contributed by atoms with Gasteiger partial charge < -0.3 is 9.72 Å². The van der Waals surface area contributed by atoms with Crippen molar-refractivity contribution in [2.75, 3.05) is 6.61 Å². The molecular weight excluding hydrogens is 216 g/mol. The summed E-state index contributed by atoms with van der Waals surface area (Å²) in [5.74, 6) is -0.295. The van der Waals surface area contributed by atoms with Crippen molar-refractivity contribution in [1.82, 2.24) is 9.97 Å². The van der Waals surface area contributed by atoms with Crippen LogP contribution in [0.2, 0.25) is 0 Å². The molecule has 2 aromatic rings. The van der Waals surface area contributed by atoms with Crippen LogP contribution in [-0.4, -0.2) is 22.5 Å². The van der Waals surface area contributed by atoms with Gasteiger partial charge in [-0.05, 0) is 23.6 Å². The second kappa shape index (κ2) is 4.20. The highest BCUT2D eigenvalue weighted by Crippen LogP contribution is 2.16. The van der Waals surface area contributed by atoms with E-state index in [-0.39, 0.29) is 11.4 Å². The SMILES string of the molecule is CC(C)(C)COC(=O)c1ccc2nc[nH]c2c1. The van der Waals surface area contributed by atoms with Crippen LogP contribution in [0.1, 0.15) is 31.1 Å². The summed E-state index contributed by atoms with van der Waals surface area (Å²) in [5, 5.41) is 0. The van der Waals surface area contributed by atoms with Crippen molar-refractivity contribution in [3.05, 3.63) is 30.1 Å². The van der Waals surface area contributed by atoms with Crippen molar-refractivity contribution in [1.29, 1.82) is 0 Å². The molecule has 1 aromatic heterocycles. The van der Waals surface area contributed by atoms with Crippen LogP contribution in [0.4, 0.5) is 0 Å². The second-order valence-electron chi connectivity index (χ2n) is 5.27. The lowest BCUT2D eigenvalue weighted by atomic mass is 9.99. The van der Waals surface area contributed by atoms with Crippen molar-refractivity contribution in [2.45, 2.75) is 20.8 Å². The molecule has 1 aromatic carbocycles. The molecule has 0 saturated heterocycles. The molecule has 0 bridgehead atoms. The van der Waals surface area contributed by atoms with Crippen molar-refractivity contribution in [3.63, 3.8) is 0 Å². The van der Waals surface area contributed by atoms with Gasteiger partial charge in [-0.2, -0.15) is 0 Å². The second-order valence-corrected chi connectivity index (χ2v) is 5.27. The van der Waals surface area contributed by atoms with Crippen LogP contribution in [-0.2, 0) is 4.74 Å². The molecule has 17 heavy (non-hydrogen) atoms. The molecule has 0 unspecified atom stereocenters. The van der Waals surface area contributed by atoms with Crippen LogP contribution in [0.5, 0.6) is 0 Å². The lowest BCUT2D eigenvalue weighted by Crippen LogP contribution is -2.18. The van der Waals surface area contributed by atoms with Gasteiger partial charge in [-0.25, -0.2) is 9.78 Å². The van der Waals surface area contributed by atoms with Crippen LogP contribution < -0.4 is 0 Å². The van der Waals surface area contributed by atoms with Crippen LogP contribution in [0.3, 0.4) is 0 Å². The summed E-state index contributed by atoms with van der Waals surface area (Å²) in [6.07, 6.45) is 1.61. The molecule has 1 N–H and O–H groups in total. The fourth-order valence-electron chi connectivity index (χ4n) is 1.43. The quantitative estimate of drug-likeness (QED) is 0.810. The summed E-state index contributed by atoms with van der Waals surface area (Å²) in [6.45, 7) is 6.49. The lowest BCUT2D eigenvalue weighted by Gasteiger charge is -2.17. The number of nitrogens with one attached hydrogen (secondary N) is 1. The third-order valence-electron chi connectivity index (χ3n) is 2.29. The standard InChI is InChI=1S/C13H16N2O2/c1-13(2,3)7-17-12(16)9-4-5-10-11(6-9)15-8-14-10/h4-6,8H,7H2,1-3H3,(H,14,15). The monoisotopic (exact) mass is 232 g/mol. The number of ether oxygens (including phenoxy) is 1. The topological polar surface area (TPSA) is 55.0 Å². The number of hydrogen-bond acceptors (Lipinski definition) is 3. The molecule has 4 nitrogen and oxygen atoms in total. The fraction of sp³-hybridized carbons (Fsp3) is 0.385. The summed E-state index contributed by atoms with van der Waals surface area (Å²) in [7, 11) is 0. The van der Waals surface area contributed by atoms with E-state index in [0.717, 1.165) is 11.0 Å². The maximum absolute atomic E-state index is 11.8. The first-order chi connectivity index (χ1) is 7.96. The van der Waals surface area contributed by atoms with E-state index in [4.69, 9.17) is 4.74 Å². The molecule has 4 heteroatoms. The summed E-state index contributed by atoms with van der Waals surface area (Å²) < 4.78 is 5.24. The number of esters is 1. The number of aromatic nitrogens is 2. The highest BCUT2D eigenvalue weighted by atomic mass is 16.5. The number of carbonyl (C=O) groups excluding carboxylic acids is 1. The average Bonchev–Trinajstić information content (AvgIpc) is 2.71. The molecule has 0 aliphatic rings. The van der Waals surface area contributed by atoms with Crippen LogP contribution in [0.15, 0.2) is 24.5 Å². The number of nitrogens with zero attached hydrogens (tertiary/aromatic N) is 1. The molecule has 0 fully saturated rings. The minimum atomic E-state index is -0.295. The van der Waals surface area contributed by atoms with Gasteiger partial charge in [-0.1, -0.05) is 20.8 Å². The van der Waals surface area contributed by atoms with Gasteiger partial charge >= 0.3 is 5.97 Å². The lowest BCUT2D eigenvalue weighted by molar-refractivity contribution is 0.0367. The number of imidazole rings is 1. The van der Waals surface area contributed by atoms with E-state index in [0.29, 0.717) is 12.2 Å². The highest BCUT2D eigenvalue weighted by Gasteiger charge is 2.15. The van der Waals surface area contributed by atoms with Gasteiger partial charge in [0.05, 0.1) is 29.5 Å². The molecule has 0 aliphatic carbocycles. The normalized spacial score (nSPS) is 11.7. The number of carbonyl (C=O) groups is 1.